The van der Waals surface area contributed by atoms with Crippen LogP contribution in [0, 0.1) is 0 Å². The molecule has 0 bridgehead atoms. The van der Waals surface area contributed by atoms with Gasteiger partial charge in [-0.15, -0.1) is 0 Å². The van der Waals surface area contributed by atoms with Crippen LogP contribution in [0.25, 0.3) is 0 Å². The van der Waals surface area contributed by atoms with E-state index in [4.69, 9.17) is 4.74 Å². The molecule has 120 valence electrons. The Bertz CT molecular complexity index is 550. The van der Waals surface area contributed by atoms with E-state index in [1.807, 2.05) is 14.0 Å². The third-order valence-corrected chi connectivity index (χ3v) is 5.30. The summed E-state index contributed by atoms with van der Waals surface area (Å²) in [5.74, 6) is 0. The molecule has 0 aromatic carbocycles. The monoisotopic (exact) mass is 316 g/mol. The molecule has 1 aromatic rings. The molecule has 2 N–H and O–H groups in total. The first kappa shape index (κ1) is 16.4. The van der Waals surface area contributed by atoms with Gasteiger partial charge in [-0.1, -0.05) is 0 Å². The second-order valence-electron chi connectivity index (χ2n) is 5.67. The summed E-state index contributed by atoms with van der Waals surface area (Å²) in [5.41, 5.74) is -0.439. The fourth-order valence-corrected chi connectivity index (χ4v) is 3.75. The highest BCUT2D eigenvalue weighted by Crippen LogP contribution is 2.22. The molecule has 8 heteroatoms. The molecular weight excluding hydrogens is 292 g/mol. The van der Waals surface area contributed by atoms with E-state index >= 15 is 0 Å². The van der Waals surface area contributed by atoms with Gasteiger partial charge >= 0.3 is 0 Å². The number of sulfonamides is 1. The number of nitrogens with zero attached hydrogens (tertiary/aromatic N) is 2. The van der Waals surface area contributed by atoms with E-state index in [-0.39, 0.29) is 4.90 Å². The maximum atomic E-state index is 12.4. The van der Waals surface area contributed by atoms with Gasteiger partial charge in [-0.05, 0) is 39.8 Å². The van der Waals surface area contributed by atoms with E-state index in [9.17, 15) is 8.42 Å². The predicted octanol–water partition coefficient (Wildman–Crippen LogP) is 0.340. The van der Waals surface area contributed by atoms with Gasteiger partial charge in [0.05, 0.1) is 6.20 Å². The second kappa shape index (κ2) is 6.87. The van der Waals surface area contributed by atoms with Crippen molar-refractivity contribution in [2.24, 2.45) is 0 Å². The van der Waals surface area contributed by atoms with Gasteiger partial charge in [0.15, 0.2) is 0 Å². The van der Waals surface area contributed by atoms with Crippen LogP contribution in [0.2, 0.25) is 0 Å². The van der Waals surface area contributed by atoms with Crippen LogP contribution in [0.3, 0.4) is 0 Å². The minimum absolute atomic E-state index is 0.222. The van der Waals surface area contributed by atoms with Crippen molar-refractivity contribution in [3.63, 3.8) is 0 Å². The minimum atomic E-state index is -3.53. The lowest BCUT2D eigenvalue weighted by atomic mass is 9.94. The minimum Gasteiger partial charge on any atom is -0.381 e. The van der Waals surface area contributed by atoms with Crippen LogP contribution in [-0.2, 0) is 21.3 Å². The van der Waals surface area contributed by atoms with Gasteiger partial charge < -0.3 is 10.1 Å². The van der Waals surface area contributed by atoms with Crippen molar-refractivity contribution in [1.82, 2.24) is 19.8 Å². The van der Waals surface area contributed by atoms with Gasteiger partial charge in [-0.25, -0.2) is 13.1 Å². The zero-order valence-corrected chi connectivity index (χ0v) is 13.4. The first-order chi connectivity index (χ1) is 9.95. The van der Waals surface area contributed by atoms with E-state index in [2.05, 4.69) is 15.1 Å². The van der Waals surface area contributed by atoms with Gasteiger partial charge in [0.1, 0.15) is 4.90 Å². The van der Waals surface area contributed by atoms with Crippen molar-refractivity contribution in [2.75, 3.05) is 26.8 Å². The quantitative estimate of drug-likeness (QED) is 0.709. The lowest BCUT2D eigenvalue weighted by Gasteiger charge is -2.33. The van der Waals surface area contributed by atoms with E-state index in [0.29, 0.717) is 32.6 Å². The number of aromatic nitrogens is 2. The predicted molar refractivity (Wildman–Crippen MR) is 79.6 cm³/mol. The van der Waals surface area contributed by atoms with Crippen molar-refractivity contribution in [3.05, 3.63) is 12.4 Å². The van der Waals surface area contributed by atoms with Gasteiger partial charge in [0.25, 0.3) is 0 Å². The molecule has 1 aromatic heterocycles. The molecule has 0 aliphatic carbocycles. The fraction of sp³-hybridized carbons (Fsp3) is 0.769. The molecule has 2 heterocycles. The lowest BCUT2D eigenvalue weighted by molar-refractivity contribution is 0.0537. The average Bonchev–Trinajstić information content (AvgIpc) is 2.88. The van der Waals surface area contributed by atoms with Gasteiger partial charge in [-0.3, -0.25) is 4.68 Å². The summed E-state index contributed by atoms with van der Waals surface area (Å²) >= 11 is 0. The van der Waals surface area contributed by atoms with Crippen molar-refractivity contribution in [2.45, 2.75) is 43.2 Å². The highest BCUT2D eigenvalue weighted by Gasteiger charge is 2.33. The summed E-state index contributed by atoms with van der Waals surface area (Å²) in [6.45, 7) is 4.66. The van der Waals surface area contributed by atoms with Crippen LogP contribution in [0.5, 0.6) is 0 Å². The number of ether oxygens (including phenoxy) is 1. The van der Waals surface area contributed by atoms with E-state index in [1.54, 1.807) is 10.9 Å². The molecule has 7 nitrogen and oxygen atoms in total. The Morgan fingerprint density at radius 1 is 1.43 bits per heavy atom. The maximum Gasteiger partial charge on any atom is 0.244 e. The number of nitrogens with one attached hydrogen (secondary N) is 2. The first-order valence-corrected chi connectivity index (χ1v) is 8.72. The van der Waals surface area contributed by atoms with Crippen LogP contribution < -0.4 is 10.0 Å². The molecule has 1 aliphatic heterocycles. The number of hydrogen-bond donors (Lipinski definition) is 2. The van der Waals surface area contributed by atoms with Crippen LogP contribution in [0.1, 0.15) is 26.2 Å². The van der Waals surface area contributed by atoms with Crippen molar-refractivity contribution < 1.29 is 13.2 Å². The van der Waals surface area contributed by atoms with Gasteiger partial charge in [0, 0.05) is 31.5 Å². The van der Waals surface area contributed by atoms with Crippen LogP contribution >= 0.6 is 0 Å². The number of aryl methyl sites for hydroxylation is 1. The second-order valence-corrected chi connectivity index (χ2v) is 7.36. The molecule has 1 saturated heterocycles. The fourth-order valence-electron chi connectivity index (χ4n) is 2.33. The standard InChI is InChI=1S/C13H24N4O3S/c1-13(4-8-20-9-5-13)16-21(18,19)12-10-15-17(11-12)7-3-6-14-2/h10-11,14,16H,3-9H2,1-2H3. The van der Waals surface area contributed by atoms with E-state index in [1.165, 1.54) is 6.20 Å². The van der Waals surface area contributed by atoms with E-state index in [0.717, 1.165) is 13.0 Å². The number of rotatable bonds is 7. The maximum absolute atomic E-state index is 12.4. The topological polar surface area (TPSA) is 85.2 Å². The molecule has 0 radical (unpaired) electrons. The zero-order chi connectivity index (χ0) is 15.3. The Balaban J connectivity index is 2.02. The molecule has 1 fully saturated rings. The molecule has 0 unspecified atom stereocenters. The summed E-state index contributed by atoms with van der Waals surface area (Å²) in [4.78, 5) is 0.222. The zero-order valence-electron chi connectivity index (χ0n) is 12.6. The lowest BCUT2D eigenvalue weighted by Crippen LogP contribution is -2.49. The summed E-state index contributed by atoms with van der Waals surface area (Å²) < 4.78 is 34.6. The summed E-state index contributed by atoms with van der Waals surface area (Å²) in [5, 5.41) is 7.17. The van der Waals surface area contributed by atoms with Crippen LogP contribution in [0.4, 0.5) is 0 Å². The third kappa shape index (κ3) is 4.50. The molecule has 0 spiro atoms. The van der Waals surface area contributed by atoms with Crippen molar-refractivity contribution in [3.8, 4) is 0 Å². The summed E-state index contributed by atoms with van der Waals surface area (Å²) in [6.07, 6.45) is 5.26. The van der Waals surface area contributed by atoms with E-state index < -0.39 is 15.6 Å². The highest BCUT2D eigenvalue weighted by atomic mass is 32.2. The summed E-state index contributed by atoms with van der Waals surface area (Å²) in [6, 6.07) is 0. The van der Waals surface area contributed by atoms with Crippen molar-refractivity contribution in [1.29, 1.82) is 0 Å². The average molecular weight is 316 g/mol. The molecule has 0 amide bonds. The van der Waals surface area contributed by atoms with Crippen LogP contribution in [-0.4, -0.2) is 50.5 Å². The molecule has 1 aliphatic rings. The van der Waals surface area contributed by atoms with Crippen molar-refractivity contribution >= 4 is 10.0 Å². The summed E-state index contributed by atoms with van der Waals surface area (Å²) in [7, 11) is -1.65. The molecule has 21 heavy (non-hydrogen) atoms. The molecule has 0 saturated carbocycles. The Morgan fingerprint density at radius 2 is 2.14 bits per heavy atom. The van der Waals surface area contributed by atoms with Gasteiger partial charge in [0.2, 0.25) is 10.0 Å². The molecule has 2 rings (SSSR count). The molecular formula is C13H24N4O3S. The SMILES string of the molecule is CNCCCn1cc(S(=O)(=O)NC2(C)CCOCC2)cn1. The Labute approximate surface area is 126 Å². The Kier molecular flexibility index (Phi) is 5.37. The smallest absolute Gasteiger partial charge is 0.244 e. The van der Waals surface area contributed by atoms with Crippen LogP contribution in [0.15, 0.2) is 17.3 Å². The Morgan fingerprint density at radius 3 is 2.81 bits per heavy atom. The Hall–Kier alpha value is -0.960. The third-order valence-electron chi connectivity index (χ3n) is 3.71. The molecule has 0 atom stereocenters. The first-order valence-electron chi connectivity index (χ1n) is 7.24. The number of hydrogen-bond acceptors (Lipinski definition) is 5. The normalized spacial score (nSPS) is 18.8. The highest BCUT2D eigenvalue weighted by molar-refractivity contribution is 7.89. The van der Waals surface area contributed by atoms with Gasteiger partial charge in [-0.2, -0.15) is 5.10 Å². The largest absolute Gasteiger partial charge is 0.381 e.